The number of nitriles is 1. The van der Waals surface area contributed by atoms with E-state index in [4.69, 9.17) is 21.6 Å². The SMILES string of the molecule is N#CCSc1ccccc1NC(=O)COC(=O)Cc1ccccc1Cl. The molecule has 0 fully saturated rings. The van der Waals surface area contributed by atoms with E-state index in [2.05, 4.69) is 5.32 Å². The van der Waals surface area contributed by atoms with Gasteiger partial charge in [0, 0.05) is 9.92 Å². The molecule has 0 bridgehead atoms. The van der Waals surface area contributed by atoms with Gasteiger partial charge in [-0.15, -0.1) is 11.8 Å². The van der Waals surface area contributed by atoms with E-state index >= 15 is 0 Å². The largest absolute Gasteiger partial charge is 0.455 e. The van der Waals surface area contributed by atoms with Crippen molar-refractivity contribution in [3.63, 3.8) is 0 Å². The number of nitrogens with zero attached hydrogens (tertiary/aromatic N) is 1. The van der Waals surface area contributed by atoms with E-state index in [0.29, 0.717) is 16.3 Å². The van der Waals surface area contributed by atoms with E-state index in [1.807, 2.05) is 12.1 Å². The Morgan fingerprint density at radius 2 is 1.88 bits per heavy atom. The van der Waals surface area contributed by atoms with Crippen LogP contribution < -0.4 is 5.32 Å². The number of rotatable bonds is 7. The third-order valence-corrected chi connectivity index (χ3v) is 4.42. The Bertz CT molecular complexity index is 805. The average molecular weight is 375 g/mol. The van der Waals surface area contributed by atoms with E-state index in [0.717, 1.165) is 4.90 Å². The zero-order valence-electron chi connectivity index (χ0n) is 13.2. The van der Waals surface area contributed by atoms with Crippen molar-refractivity contribution in [2.24, 2.45) is 0 Å². The van der Waals surface area contributed by atoms with Crippen LogP contribution >= 0.6 is 23.4 Å². The minimum absolute atomic E-state index is 0.00155. The molecule has 0 spiro atoms. The van der Waals surface area contributed by atoms with E-state index < -0.39 is 11.9 Å². The highest BCUT2D eigenvalue weighted by Gasteiger charge is 2.12. The molecule has 0 heterocycles. The number of para-hydroxylation sites is 1. The first-order valence-electron chi connectivity index (χ1n) is 7.38. The lowest BCUT2D eigenvalue weighted by molar-refractivity contribution is -0.146. The molecule has 2 aromatic carbocycles. The maximum absolute atomic E-state index is 12.0. The molecule has 1 amide bonds. The van der Waals surface area contributed by atoms with Gasteiger partial charge in [0.25, 0.3) is 5.91 Å². The summed E-state index contributed by atoms with van der Waals surface area (Å²) in [5.74, 6) is -0.701. The zero-order chi connectivity index (χ0) is 18.1. The Labute approximate surface area is 154 Å². The van der Waals surface area contributed by atoms with E-state index in [9.17, 15) is 9.59 Å². The van der Waals surface area contributed by atoms with Crippen molar-refractivity contribution in [2.45, 2.75) is 11.3 Å². The van der Waals surface area contributed by atoms with Gasteiger partial charge in [0.05, 0.1) is 23.9 Å². The summed E-state index contributed by atoms with van der Waals surface area (Å²) in [6.07, 6.45) is 0.00155. The van der Waals surface area contributed by atoms with Gasteiger partial charge in [-0.1, -0.05) is 41.9 Å². The van der Waals surface area contributed by atoms with Crippen LogP contribution in [0.2, 0.25) is 5.02 Å². The molecule has 5 nitrogen and oxygen atoms in total. The van der Waals surface area contributed by atoms with Crippen molar-refractivity contribution in [3.05, 3.63) is 59.1 Å². The monoisotopic (exact) mass is 374 g/mol. The predicted octanol–water partition coefficient (Wildman–Crippen LogP) is 3.68. The number of esters is 1. The number of carbonyl (C=O) groups is 2. The quantitative estimate of drug-likeness (QED) is 0.590. The molecule has 7 heteroatoms. The van der Waals surface area contributed by atoms with Crippen LogP contribution in [0.5, 0.6) is 0 Å². The maximum Gasteiger partial charge on any atom is 0.310 e. The molecule has 25 heavy (non-hydrogen) atoms. The highest BCUT2D eigenvalue weighted by atomic mass is 35.5. The number of nitrogens with one attached hydrogen (secondary N) is 1. The smallest absolute Gasteiger partial charge is 0.310 e. The first-order valence-corrected chi connectivity index (χ1v) is 8.74. The molecule has 2 aromatic rings. The van der Waals surface area contributed by atoms with Crippen molar-refractivity contribution >= 4 is 40.9 Å². The second-order valence-electron chi connectivity index (χ2n) is 4.92. The first kappa shape index (κ1) is 18.8. The standard InChI is InChI=1S/C18H15ClN2O3S/c19-14-6-2-1-5-13(14)11-18(23)24-12-17(22)21-15-7-3-4-8-16(15)25-10-9-20/h1-8H,10-12H2,(H,21,22). The number of carbonyl (C=O) groups excluding carboxylic acids is 2. The first-order chi connectivity index (χ1) is 12.1. The van der Waals surface area contributed by atoms with Gasteiger partial charge in [-0.25, -0.2) is 0 Å². The van der Waals surface area contributed by atoms with Gasteiger partial charge in [0.2, 0.25) is 0 Å². The molecule has 0 atom stereocenters. The number of thioether (sulfide) groups is 1. The number of halogens is 1. The van der Waals surface area contributed by atoms with E-state index in [1.165, 1.54) is 11.8 Å². The van der Waals surface area contributed by atoms with Crippen LogP contribution in [0.15, 0.2) is 53.4 Å². The Morgan fingerprint density at radius 1 is 1.16 bits per heavy atom. The number of benzene rings is 2. The maximum atomic E-state index is 12.0. The average Bonchev–Trinajstić information content (AvgIpc) is 2.61. The topological polar surface area (TPSA) is 79.2 Å². The highest BCUT2D eigenvalue weighted by Crippen LogP contribution is 2.26. The Balaban J connectivity index is 1.86. The fourth-order valence-electron chi connectivity index (χ4n) is 1.99. The Morgan fingerprint density at radius 3 is 2.64 bits per heavy atom. The van der Waals surface area contributed by atoms with Crippen LogP contribution in [0.1, 0.15) is 5.56 Å². The molecule has 0 aliphatic rings. The molecular formula is C18H15ClN2O3S. The van der Waals surface area contributed by atoms with E-state index in [-0.39, 0.29) is 18.8 Å². The Kier molecular flexibility index (Phi) is 7.33. The summed E-state index contributed by atoms with van der Waals surface area (Å²) >= 11 is 7.30. The van der Waals surface area contributed by atoms with Crippen molar-refractivity contribution in [1.29, 1.82) is 5.26 Å². The minimum atomic E-state index is -0.532. The second-order valence-corrected chi connectivity index (χ2v) is 6.34. The zero-order valence-corrected chi connectivity index (χ0v) is 14.8. The summed E-state index contributed by atoms with van der Waals surface area (Å²) < 4.78 is 4.99. The molecule has 0 aliphatic carbocycles. The van der Waals surface area contributed by atoms with Gasteiger partial charge < -0.3 is 10.1 Å². The normalized spacial score (nSPS) is 9.92. The van der Waals surface area contributed by atoms with E-state index in [1.54, 1.807) is 42.5 Å². The summed E-state index contributed by atoms with van der Waals surface area (Å²) in [6, 6.07) is 16.1. The lowest BCUT2D eigenvalue weighted by Crippen LogP contribution is -2.22. The van der Waals surface area contributed by atoms with Gasteiger partial charge in [-0.2, -0.15) is 5.26 Å². The molecule has 0 saturated carbocycles. The summed E-state index contributed by atoms with van der Waals surface area (Å²) in [7, 11) is 0. The third-order valence-electron chi connectivity index (χ3n) is 3.11. The van der Waals surface area contributed by atoms with Gasteiger partial charge in [-0.3, -0.25) is 9.59 Å². The van der Waals surface area contributed by atoms with Gasteiger partial charge >= 0.3 is 5.97 Å². The van der Waals surface area contributed by atoms with Crippen LogP contribution in [-0.2, 0) is 20.7 Å². The van der Waals surface area contributed by atoms with Crippen molar-refractivity contribution < 1.29 is 14.3 Å². The molecule has 0 saturated heterocycles. The van der Waals surface area contributed by atoms with Crippen LogP contribution in [0, 0.1) is 11.3 Å². The predicted molar refractivity (Wildman–Crippen MR) is 97.5 cm³/mol. The second kappa shape index (κ2) is 9.72. The molecule has 0 unspecified atom stereocenters. The van der Waals surface area contributed by atoms with Crippen LogP contribution in [0.25, 0.3) is 0 Å². The lowest BCUT2D eigenvalue weighted by atomic mass is 10.1. The number of ether oxygens (including phenoxy) is 1. The number of amides is 1. The highest BCUT2D eigenvalue weighted by molar-refractivity contribution is 7.99. The van der Waals surface area contributed by atoms with Gasteiger partial charge in [-0.05, 0) is 23.8 Å². The fourth-order valence-corrected chi connectivity index (χ4v) is 2.86. The van der Waals surface area contributed by atoms with Crippen molar-refractivity contribution in [3.8, 4) is 6.07 Å². The van der Waals surface area contributed by atoms with Crippen LogP contribution in [0.4, 0.5) is 5.69 Å². The van der Waals surface area contributed by atoms with Crippen LogP contribution in [0.3, 0.4) is 0 Å². The molecule has 0 radical (unpaired) electrons. The summed E-state index contributed by atoms with van der Waals surface area (Å²) in [5.41, 5.74) is 1.22. The third kappa shape index (κ3) is 6.14. The van der Waals surface area contributed by atoms with Crippen LogP contribution in [-0.4, -0.2) is 24.2 Å². The number of hydrogen-bond acceptors (Lipinski definition) is 5. The molecule has 128 valence electrons. The summed E-state index contributed by atoms with van der Waals surface area (Å²) in [5, 5.41) is 11.8. The number of anilines is 1. The van der Waals surface area contributed by atoms with Gasteiger partial charge in [0.15, 0.2) is 6.61 Å². The summed E-state index contributed by atoms with van der Waals surface area (Å²) in [4.78, 5) is 24.6. The minimum Gasteiger partial charge on any atom is -0.455 e. The Hall–Kier alpha value is -2.49. The lowest BCUT2D eigenvalue weighted by Gasteiger charge is -2.10. The number of hydrogen-bond donors (Lipinski definition) is 1. The van der Waals surface area contributed by atoms with Crippen molar-refractivity contribution in [2.75, 3.05) is 17.7 Å². The summed E-state index contributed by atoms with van der Waals surface area (Å²) in [6.45, 7) is -0.388. The molecule has 2 rings (SSSR count). The molecule has 0 aromatic heterocycles. The van der Waals surface area contributed by atoms with Gasteiger partial charge in [0.1, 0.15) is 0 Å². The fraction of sp³-hybridized carbons (Fsp3) is 0.167. The van der Waals surface area contributed by atoms with Crippen molar-refractivity contribution in [1.82, 2.24) is 0 Å². The molecule has 1 N–H and O–H groups in total. The molecular weight excluding hydrogens is 360 g/mol. The molecule has 0 aliphatic heterocycles.